The van der Waals surface area contributed by atoms with Crippen LogP contribution < -0.4 is 10.1 Å². The number of amides is 1. The first kappa shape index (κ1) is 17.5. The number of carbonyl (C=O) groups excluding carboxylic acids is 1. The maximum absolute atomic E-state index is 11.6. The lowest BCUT2D eigenvalue weighted by atomic mass is 10.1. The quantitative estimate of drug-likeness (QED) is 0.643. The summed E-state index contributed by atoms with van der Waals surface area (Å²) >= 11 is 0. The van der Waals surface area contributed by atoms with Gasteiger partial charge in [-0.05, 0) is 31.4 Å². The highest BCUT2D eigenvalue weighted by atomic mass is 16.5. The smallest absolute Gasteiger partial charge is 0.223 e. The average Bonchev–Trinajstić information content (AvgIpc) is 2.46. The third-order valence-electron chi connectivity index (χ3n) is 3.01. The Morgan fingerprint density at radius 2 is 1.90 bits per heavy atom. The number of benzene rings is 1. The molecule has 21 heavy (non-hydrogen) atoms. The van der Waals surface area contributed by atoms with Gasteiger partial charge in [0.1, 0.15) is 5.75 Å². The molecule has 0 fully saturated rings. The fraction of sp³-hybridized carbons (Fsp3) is 0.562. The number of nitrogens with one attached hydrogen (secondary N) is 1. The zero-order valence-electron chi connectivity index (χ0n) is 12.9. The van der Waals surface area contributed by atoms with Crippen molar-refractivity contribution >= 4 is 5.91 Å². The molecule has 0 atom stereocenters. The largest absolute Gasteiger partial charge is 0.493 e. The molecule has 1 aromatic carbocycles. The minimum atomic E-state index is -0.0246. The molecule has 5 nitrogen and oxygen atoms in total. The van der Waals surface area contributed by atoms with Gasteiger partial charge in [-0.3, -0.25) is 4.79 Å². The average molecular weight is 295 g/mol. The first-order valence-electron chi connectivity index (χ1n) is 7.29. The maximum Gasteiger partial charge on any atom is 0.223 e. The molecule has 1 aromatic rings. The van der Waals surface area contributed by atoms with E-state index in [9.17, 15) is 4.79 Å². The Morgan fingerprint density at radius 1 is 1.19 bits per heavy atom. The minimum absolute atomic E-state index is 0.0246. The Hall–Kier alpha value is -1.59. The number of hydrogen-bond acceptors (Lipinski definition) is 4. The number of aliphatic hydroxyl groups is 1. The highest BCUT2D eigenvalue weighted by molar-refractivity contribution is 5.75. The molecule has 1 rings (SSSR count). The second-order valence-electron chi connectivity index (χ2n) is 4.86. The molecule has 0 aromatic heterocycles. The fourth-order valence-corrected chi connectivity index (χ4v) is 1.93. The van der Waals surface area contributed by atoms with E-state index in [0.717, 1.165) is 23.3 Å². The van der Waals surface area contributed by atoms with E-state index in [1.54, 1.807) is 0 Å². The third kappa shape index (κ3) is 7.11. The fourth-order valence-electron chi connectivity index (χ4n) is 1.93. The summed E-state index contributed by atoms with van der Waals surface area (Å²) in [6.45, 7) is 5.86. The van der Waals surface area contributed by atoms with E-state index in [1.807, 2.05) is 32.0 Å². The number of aryl methyl sites for hydroxylation is 2. The number of para-hydroxylation sites is 1. The zero-order valence-corrected chi connectivity index (χ0v) is 12.9. The maximum atomic E-state index is 11.6. The first-order valence-corrected chi connectivity index (χ1v) is 7.29. The van der Waals surface area contributed by atoms with Crippen LogP contribution in [0.1, 0.15) is 24.0 Å². The van der Waals surface area contributed by atoms with Gasteiger partial charge in [-0.25, -0.2) is 0 Å². The number of ether oxygens (including phenoxy) is 2. The van der Waals surface area contributed by atoms with Gasteiger partial charge >= 0.3 is 0 Å². The van der Waals surface area contributed by atoms with Crippen LogP contribution in [0.3, 0.4) is 0 Å². The summed E-state index contributed by atoms with van der Waals surface area (Å²) in [7, 11) is 0. The summed E-state index contributed by atoms with van der Waals surface area (Å²) in [6.07, 6.45) is 1.08. The molecule has 0 bridgehead atoms. The highest BCUT2D eigenvalue weighted by Crippen LogP contribution is 2.22. The van der Waals surface area contributed by atoms with Crippen molar-refractivity contribution in [1.82, 2.24) is 5.32 Å². The lowest BCUT2D eigenvalue weighted by Crippen LogP contribution is -2.26. The van der Waals surface area contributed by atoms with Crippen molar-refractivity contribution < 1.29 is 19.4 Å². The van der Waals surface area contributed by atoms with Crippen molar-refractivity contribution in [2.75, 3.05) is 33.0 Å². The molecule has 0 aliphatic carbocycles. The third-order valence-corrected chi connectivity index (χ3v) is 3.01. The summed E-state index contributed by atoms with van der Waals surface area (Å²) in [6, 6.07) is 5.98. The van der Waals surface area contributed by atoms with Crippen LogP contribution in [0.25, 0.3) is 0 Å². The first-order chi connectivity index (χ1) is 10.1. The topological polar surface area (TPSA) is 67.8 Å². The van der Waals surface area contributed by atoms with Gasteiger partial charge in [-0.15, -0.1) is 0 Å². The van der Waals surface area contributed by atoms with E-state index in [0.29, 0.717) is 32.8 Å². The van der Waals surface area contributed by atoms with Crippen LogP contribution in [-0.4, -0.2) is 44.0 Å². The molecular formula is C16H25NO4. The van der Waals surface area contributed by atoms with Gasteiger partial charge in [0.05, 0.1) is 26.2 Å². The molecule has 0 radical (unpaired) electrons. The van der Waals surface area contributed by atoms with Crippen LogP contribution >= 0.6 is 0 Å². The van der Waals surface area contributed by atoms with Crippen LogP contribution in [0, 0.1) is 13.8 Å². The predicted octanol–water partition coefficient (Wildman–Crippen LogP) is 1.59. The molecule has 0 unspecified atom stereocenters. The van der Waals surface area contributed by atoms with Crippen LogP contribution in [0.4, 0.5) is 0 Å². The Labute approximate surface area is 126 Å². The predicted molar refractivity (Wildman–Crippen MR) is 81.6 cm³/mol. The van der Waals surface area contributed by atoms with Crippen molar-refractivity contribution in [3.05, 3.63) is 29.3 Å². The molecule has 0 aliphatic rings. The second kappa shape index (κ2) is 10.2. The Balaban J connectivity index is 2.13. The van der Waals surface area contributed by atoms with Crippen molar-refractivity contribution in [3.8, 4) is 5.75 Å². The number of hydrogen-bond donors (Lipinski definition) is 2. The van der Waals surface area contributed by atoms with Crippen LogP contribution in [0.5, 0.6) is 5.75 Å². The molecule has 2 N–H and O–H groups in total. The second-order valence-corrected chi connectivity index (χ2v) is 4.86. The van der Waals surface area contributed by atoms with Crippen molar-refractivity contribution in [1.29, 1.82) is 0 Å². The van der Waals surface area contributed by atoms with Crippen LogP contribution in [0.15, 0.2) is 18.2 Å². The zero-order chi connectivity index (χ0) is 15.5. The molecule has 118 valence electrons. The lowest BCUT2D eigenvalue weighted by Gasteiger charge is -2.12. The molecule has 0 saturated carbocycles. The number of rotatable bonds is 10. The van der Waals surface area contributed by atoms with E-state index in [2.05, 4.69) is 5.32 Å². The van der Waals surface area contributed by atoms with E-state index >= 15 is 0 Å². The van der Waals surface area contributed by atoms with Gasteiger partial charge < -0.3 is 19.9 Å². The molecule has 0 spiro atoms. The van der Waals surface area contributed by atoms with Gasteiger partial charge in [0.2, 0.25) is 5.91 Å². The molecule has 0 aliphatic heterocycles. The van der Waals surface area contributed by atoms with Gasteiger partial charge in [0.15, 0.2) is 0 Å². The Morgan fingerprint density at radius 3 is 2.57 bits per heavy atom. The van der Waals surface area contributed by atoms with E-state index < -0.39 is 0 Å². The Bertz CT molecular complexity index is 414. The van der Waals surface area contributed by atoms with Gasteiger partial charge in [0.25, 0.3) is 0 Å². The van der Waals surface area contributed by atoms with Crippen LogP contribution in [-0.2, 0) is 9.53 Å². The molecule has 0 saturated heterocycles. The van der Waals surface area contributed by atoms with E-state index in [-0.39, 0.29) is 12.5 Å². The van der Waals surface area contributed by atoms with Crippen molar-refractivity contribution in [3.63, 3.8) is 0 Å². The normalized spacial score (nSPS) is 10.4. The van der Waals surface area contributed by atoms with Gasteiger partial charge in [-0.1, -0.05) is 18.2 Å². The summed E-state index contributed by atoms with van der Waals surface area (Å²) in [5.41, 5.74) is 2.16. The number of carbonyl (C=O) groups is 1. The number of aliphatic hydroxyl groups excluding tert-OH is 1. The minimum Gasteiger partial charge on any atom is -0.493 e. The standard InChI is InChI=1S/C16H25NO4/c1-13-5-3-6-14(2)16(13)21-11-7-15(19)17-8-4-10-20-12-9-18/h3,5-6,18H,4,7-12H2,1-2H3,(H,17,19). The molecule has 0 heterocycles. The summed E-state index contributed by atoms with van der Waals surface area (Å²) in [4.78, 5) is 11.6. The highest BCUT2D eigenvalue weighted by Gasteiger charge is 2.05. The Kier molecular flexibility index (Phi) is 8.47. The van der Waals surface area contributed by atoms with E-state index in [1.165, 1.54) is 0 Å². The summed E-state index contributed by atoms with van der Waals surface area (Å²) < 4.78 is 10.8. The molecule has 5 heteroatoms. The van der Waals surface area contributed by atoms with Gasteiger partial charge in [-0.2, -0.15) is 0 Å². The van der Waals surface area contributed by atoms with Crippen molar-refractivity contribution in [2.45, 2.75) is 26.7 Å². The molecule has 1 amide bonds. The van der Waals surface area contributed by atoms with E-state index in [4.69, 9.17) is 14.6 Å². The van der Waals surface area contributed by atoms with Crippen LogP contribution in [0.2, 0.25) is 0 Å². The van der Waals surface area contributed by atoms with Gasteiger partial charge in [0, 0.05) is 13.2 Å². The monoisotopic (exact) mass is 295 g/mol. The van der Waals surface area contributed by atoms with Crippen molar-refractivity contribution in [2.24, 2.45) is 0 Å². The summed E-state index contributed by atoms with van der Waals surface area (Å²) in [5, 5.41) is 11.3. The molecular weight excluding hydrogens is 270 g/mol. The lowest BCUT2D eigenvalue weighted by molar-refractivity contribution is -0.121. The summed E-state index contributed by atoms with van der Waals surface area (Å²) in [5.74, 6) is 0.839. The SMILES string of the molecule is Cc1cccc(C)c1OCCC(=O)NCCCOCCO.